The van der Waals surface area contributed by atoms with E-state index in [1.54, 1.807) is 49.7 Å². The summed E-state index contributed by atoms with van der Waals surface area (Å²) >= 11 is 6.99. The van der Waals surface area contributed by atoms with Crippen LogP contribution in [0.4, 0.5) is 0 Å². The SMILES string of the molecule is COc1ccc(C(=O)Sc2nccn2-c2ccc(Cl)cc2)cc1. The normalized spacial score (nSPS) is 10.5. The molecule has 0 aliphatic rings. The van der Waals surface area contributed by atoms with Crippen molar-refractivity contribution in [2.24, 2.45) is 0 Å². The van der Waals surface area contributed by atoms with Gasteiger partial charge < -0.3 is 4.74 Å². The second-order valence-electron chi connectivity index (χ2n) is 4.67. The molecule has 3 rings (SSSR count). The van der Waals surface area contributed by atoms with Gasteiger partial charge in [0.2, 0.25) is 5.12 Å². The summed E-state index contributed by atoms with van der Waals surface area (Å²) in [5.41, 5.74) is 1.50. The second kappa shape index (κ2) is 6.89. The summed E-state index contributed by atoms with van der Waals surface area (Å²) in [6.45, 7) is 0. The van der Waals surface area contributed by atoms with Crippen LogP contribution in [-0.4, -0.2) is 21.8 Å². The number of rotatable bonds is 4. The topological polar surface area (TPSA) is 44.1 Å². The van der Waals surface area contributed by atoms with Gasteiger partial charge in [-0.15, -0.1) is 0 Å². The number of hydrogen-bond acceptors (Lipinski definition) is 4. The molecule has 0 aliphatic heterocycles. The molecule has 0 aliphatic carbocycles. The van der Waals surface area contributed by atoms with E-state index in [2.05, 4.69) is 4.98 Å². The Kier molecular flexibility index (Phi) is 4.69. The second-order valence-corrected chi connectivity index (χ2v) is 6.05. The zero-order chi connectivity index (χ0) is 16.2. The minimum Gasteiger partial charge on any atom is -0.497 e. The molecule has 0 spiro atoms. The van der Waals surface area contributed by atoms with Crippen molar-refractivity contribution in [1.82, 2.24) is 9.55 Å². The number of methoxy groups -OCH3 is 1. The Labute approximate surface area is 143 Å². The third-order valence-electron chi connectivity index (χ3n) is 3.22. The van der Waals surface area contributed by atoms with E-state index in [9.17, 15) is 4.79 Å². The summed E-state index contributed by atoms with van der Waals surface area (Å²) in [5.74, 6) is 0.717. The number of thioether (sulfide) groups is 1. The van der Waals surface area contributed by atoms with Gasteiger partial charge in [-0.1, -0.05) is 11.6 Å². The predicted octanol–water partition coefficient (Wildman–Crippen LogP) is 4.47. The van der Waals surface area contributed by atoms with Crippen molar-refractivity contribution >= 4 is 28.5 Å². The first-order valence-electron chi connectivity index (χ1n) is 6.83. The standard InChI is InChI=1S/C17H13ClN2O2S/c1-22-15-8-2-12(3-9-15)16(21)23-17-19-10-11-20(17)14-6-4-13(18)5-7-14/h2-11H,1H3. The molecule has 0 saturated carbocycles. The molecule has 0 atom stereocenters. The highest BCUT2D eigenvalue weighted by Gasteiger charge is 2.13. The Hall–Kier alpha value is -2.24. The Morgan fingerprint density at radius 2 is 1.83 bits per heavy atom. The number of carbonyl (C=O) groups is 1. The number of imidazole rings is 1. The van der Waals surface area contributed by atoms with Gasteiger partial charge in [-0.05, 0) is 60.3 Å². The zero-order valence-corrected chi connectivity index (χ0v) is 13.8. The van der Waals surface area contributed by atoms with E-state index >= 15 is 0 Å². The molecular formula is C17H13ClN2O2S. The summed E-state index contributed by atoms with van der Waals surface area (Å²) in [6, 6.07) is 14.4. The molecule has 0 unspecified atom stereocenters. The first-order chi connectivity index (χ1) is 11.2. The van der Waals surface area contributed by atoms with E-state index < -0.39 is 0 Å². The Bertz CT molecular complexity index is 813. The number of ether oxygens (including phenoxy) is 1. The maximum Gasteiger partial charge on any atom is 0.227 e. The maximum atomic E-state index is 12.4. The molecule has 23 heavy (non-hydrogen) atoms. The van der Waals surface area contributed by atoms with E-state index in [1.807, 2.05) is 22.9 Å². The summed E-state index contributed by atoms with van der Waals surface area (Å²) in [6.07, 6.45) is 3.48. The number of hydrogen-bond donors (Lipinski definition) is 0. The third-order valence-corrected chi connectivity index (χ3v) is 4.38. The fraction of sp³-hybridized carbons (Fsp3) is 0.0588. The highest BCUT2D eigenvalue weighted by molar-refractivity contribution is 8.14. The molecule has 6 heteroatoms. The lowest BCUT2D eigenvalue weighted by Crippen LogP contribution is -1.99. The lowest BCUT2D eigenvalue weighted by atomic mass is 10.2. The van der Waals surface area contributed by atoms with Crippen LogP contribution in [0.15, 0.2) is 66.1 Å². The van der Waals surface area contributed by atoms with Crippen LogP contribution in [0.5, 0.6) is 5.75 Å². The van der Waals surface area contributed by atoms with Crippen LogP contribution in [0, 0.1) is 0 Å². The summed E-state index contributed by atoms with van der Waals surface area (Å²) in [7, 11) is 1.59. The van der Waals surface area contributed by atoms with Gasteiger partial charge in [-0.3, -0.25) is 9.36 Å². The van der Waals surface area contributed by atoms with Crippen molar-refractivity contribution in [3.63, 3.8) is 0 Å². The number of nitrogens with zero attached hydrogens (tertiary/aromatic N) is 2. The minimum atomic E-state index is -0.0749. The number of benzene rings is 2. The summed E-state index contributed by atoms with van der Waals surface area (Å²) in [4.78, 5) is 16.7. The van der Waals surface area contributed by atoms with Gasteiger partial charge in [0, 0.05) is 28.7 Å². The molecule has 4 nitrogen and oxygen atoms in total. The van der Waals surface area contributed by atoms with Crippen LogP contribution in [0.1, 0.15) is 10.4 Å². The Morgan fingerprint density at radius 3 is 2.48 bits per heavy atom. The first-order valence-corrected chi connectivity index (χ1v) is 8.02. The van der Waals surface area contributed by atoms with E-state index in [4.69, 9.17) is 16.3 Å². The smallest absolute Gasteiger partial charge is 0.227 e. The van der Waals surface area contributed by atoms with E-state index in [0.717, 1.165) is 17.4 Å². The molecule has 3 aromatic rings. The van der Waals surface area contributed by atoms with E-state index in [1.165, 1.54) is 0 Å². The molecule has 0 bridgehead atoms. The molecule has 1 aromatic heterocycles. The molecule has 0 radical (unpaired) electrons. The maximum absolute atomic E-state index is 12.4. The van der Waals surface area contributed by atoms with Crippen LogP contribution in [0.2, 0.25) is 5.02 Å². The van der Waals surface area contributed by atoms with Gasteiger partial charge in [0.05, 0.1) is 7.11 Å². The lowest BCUT2D eigenvalue weighted by molar-refractivity contribution is 0.108. The number of carbonyl (C=O) groups excluding carboxylic acids is 1. The van der Waals surface area contributed by atoms with Gasteiger partial charge in [0.1, 0.15) is 5.75 Å². The minimum absolute atomic E-state index is 0.0749. The van der Waals surface area contributed by atoms with Gasteiger partial charge in [0.25, 0.3) is 0 Å². The van der Waals surface area contributed by atoms with Gasteiger partial charge in [-0.25, -0.2) is 4.98 Å². The van der Waals surface area contributed by atoms with Crippen LogP contribution in [0.25, 0.3) is 5.69 Å². The van der Waals surface area contributed by atoms with Crippen LogP contribution >= 0.6 is 23.4 Å². The van der Waals surface area contributed by atoms with E-state index in [0.29, 0.717) is 21.5 Å². The highest BCUT2D eigenvalue weighted by Crippen LogP contribution is 2.25. The summed E-state index contributed by atoms with van der Waals surface area (Å²) < 4.78 is 6.95. The van der Waals surface area contributed by atoms with Crippen molar-refractivity contribution in [2.75, 3.05) is 7.11 Å². The van der Waals surface area contributed by atoms with Crippen molar-refractivity contribution in [3.8, 4) is 11.4 Å². The molecule has 2 aromatic carbocycles. The van der Waals surface area contributed by atoms with Gasteiger partial charge in [-0.2, -0.15) is 0 Å². The van der Waals surface area contributed by atoms with Crippen LogP contribution in [0.3, 0.4) is 0 Å². The average Bonchev–Trinajstić information content (AvgIpc) is 3.03. The van der Waals surface area contributed by atoms with Crippen molar-refractivity contribution in [3.05, 3.63) is 71.5 Å². The fourth-order valence-electron chi connectivity index (χ4n) is 2.03. The van der Waals surface area contributed by atoms with Gasteiger partial charge in [0.15, 0.2) is 5.16 Å². The monoisotopic (exact) mass is 344 g/mol. The molecule has 0 saturated heterocycles. The Morgan fingerprint density at radius 1 is 1.13 bits per heavy atom. The molecule has 0 N–H and O–H groups in total. The quantitative estimate of drug-likeness (QED) is 0.655. The number of aromatic nitrogens is 2. The Balaban J connectivity index is 1.81. The largest absolute Gasteiger partial charge is 0.497 e. The first kappa shape index (κ1) is 15.6. The van der Waals surface area contributed by atoms with Gasteiger partial charge >= 0.3 is 0 Å². The molecular weight excluding hydrogens is 332 g/mol. The summed E-state index contributed by atoms with van der Waals surface area (Å²) in [5, 5.41) is 1.19. The third kappa shape index (κ3) is 3.57. The van der Waals surface area contributed by atoms with Crippen LogP contribution in [-0.2, 0) is 0 Å². The molecule has 0 fully saturated rings. The fourth-order valence-corrected chi connectivity index (χ4v) is 2.96. The van der Waals surface area contributed by atoms with Crippen LogP contribution < -0.4 is 4.74 Å². The zero-order valence-electron chi connectivity index (χ0n) is 12.3. The van der Waals surface area contributed by atoms with Crippen molar-refractivity contribution in [2.45, 2.75) is 5.16 Å². The van der Waals surface area contributed by atoms with Crippen molar-refractivity contribution < 1.29 is 9.53 Å². The molecule has 0 amide bonds. The number of halogens is 1. The van der Waals surface area contributed by atoms with Crippen molar-refractivity contribution in [1.29, 1.82) is 0 Å². The lowest BCUT2D eigenvalue weighted by Gasteiger charge is -2.07. The average molecular weight is 345 g/mol. The molecule has 116 valence electrons. The van der Waals surface area contributed by atoms with E-state index in [-0.39, 0.29) is 5.12 Å². The predicted molar refractivity (Wildman–Crippen MR) is 91.8 cm³/mol. The highest BCUT2D eigenvalue weighted by atomic mass is 35.5. The molecule has 1 heterocycles.